The Morgan fingerprint density at radius 1 is 1.14 bits per heavy atom. The molecule has 110 valence electrons. The Hall–Kier alpha value is -1.80. The predicted molar refractivity (Wildman–Crippen MR) is 86.6 cm³/mol. The Bertz CT molecular complexity index is 635. The van der Waals surface area contributed by atoms with Crippen LogP contribution >= 0.6 is 0 Å². The fourth-order valence-electron chi connectivity index (χ4n) is 3.44. The molecule has 2 aromatic rings. The molecule has 0 amide bonds. The molecular weight excluding hydrogens is 258 g/mol. The zero-order chi connectivity index (χ0) is 14.8. The van der Waals surface area contributed by atoms with Gasteiger partial charge in [-0.15, -0.1) is 0 Å². The van der Waals surface area contributed by atoms with Gasteiger partial charge in [-0.1, -0.05) is 30.3 Å². The fraction of sp³-hybridized carbons (Fsp3) is 0.368. The number of fused-ring (bicyclic) bond motifs is 1. The van der Waals surface area contributed by atoms with Gasteiger partial charge in [0.05, 0.1) is 7.11 Å². The van der Waals surface area contributed by atoms with Crippen LogP contribution in [0, 0.1) is 12.8 Å². The predicted octanol–water partition coefficient (Wildman–Crippen LogP) is 3.81. The summed E-state index contributed by atoms with van der Waals surface area (Å²) in [5.41, 5.74) is 12.0. The average molecular weight is 281 g/mol. The molecule has 1 aliphatic carbocycles. The minimum absolute atomic E-state index is 0.101. The molecule has 2 nitrogen and oxygen atoms in total. The molecule has 0 radical (unpaired) electrons. The first kappa shape index (κ1) is 14.2. The van der Waals surface area contributed by atoms with Crippen LogP contribution < -0.4 is 10.5 Å². The standard InChI is InChI=1S/C19H23NO/c1-13-11-17(21-2)9-10-18(13)19(20)16-8-7-14-5-3-4-6-15(14)12-16/h3-6,9-11,16,19H,7-8,12,20H2,1-2H3. The van der Waals surface area contributed by atoms with E-state index in [4.69, 9.17) is 10.5 Å². The molecule has 0 heterocycles. The third-order valence-electron chi connectivity index (χ3n) is 4.73. The second kappa shape index (κ2) is 5.90. The summed E-state index contributed by atoms with van der Waals surface area (Å²) in [5.74, 6) is 1.42. The van der Waals surface area contributed by atoms with E-state index in [9.17, 15) is 0 Å². The van der Waals surface area contributed by atoms with Gasteiger partial charge in [0.25, 0.3) is 0 Å². The summed E-state index contributed by atoms with van der Waals surface area (Å²) in [6, 6.07) is 15.1. The van der Waals surface area contributed by atoms with Crippen LogP contribution in [0.4, 0.5) is 0 Å². The van der Waals surface area contributed by atoms with E-state index < -0.39 is 0 Å². The van der Waals surface area contributed by atoms with Gasteiger partial charge < -0.3 is 10.5 Å². The van der Waals surface area contributed by atoms with Crippen molar-refractivity contribution >= 4 is 0 Å². The second-order valence-electron chi connectivity index (χ2n) is 6.02. The number of methoxy groups -OCH3 is 1. The highest BCUT2D eigenvalue weighted by Gasteiger charge is 2.25. The number of benzene rings is 2. The molecule has 2 N–H and O–H groups in total. The Labute approximate surface area is 126 Å². The quantitative estimate of drug-likeness (QED) is 0.928. The first-order chi connectivity index (χ1) is 10.2. The monoisotopic (exact) mass is 281 g/mol. The number of hydrogen-bond acceptors (Lipinski definition) is 2. The molecule has 21 heavy (non-hydrogen) atoms. The van der Waals surface area contributed by atoms with Crippen molar-refractivity contribution in [3.63, 3.8) is 0 Å². The largest absolute Gasteiger partial charge is 0.497 e. The summed E-state index contributed by atoms with van der Waals surface area (Å²) >= 11 is 0. The van der Waals surface area contributed by atoms with Gasteiger partial charge in [-0.25, -0.2) is 0 Å². The first-order valence-corrected chi connectivity index (χ1v) is 7.66. The third kappa shape index (κ3) is 2.81. The van der Waals surface area contributed by atoms with Crippen LogP contribution in [0.1, 0.15) is 34.7 Å². The first-order valence-electron chi connectivity index (χ1n) is 7.66. The highest BCUT2D eigenvalue weighted by molar-refractivity contribution is 5.38. The molecule has 0 saturated carbocycles. The average Bonchev–Trinajstić information content (AvgIpc) is 2.53. The van der Waals surface area contributed by atoms with E-state index in [1.54, 1.807) is 7.11 Å². The maximum Gasteiger partial charge on any atom is 0.119 e. The van der Waals surface area contributed by atoms with E-state index >= 15 is 0 Å². The molecule has 3 rings (SSSR count). The zero-order valence-corrected chi connectivity index (χ0v) is 12.8. The SMILES string of the molecule is COc1ccc(C(N)C2CCc3ccccc3C2)c(C)c1. The summed E-state index contributed by atoms with van der Waals surface area (Å²) in [6.45, 7) is 2.12. The molecule has 1 aliphatic rings. The fourth-order valence-corrected chi connectivity index (χ4v) is 3.44. The van der Waals surface area contributed by atoms with Gasteiger partial charge in [-0.2, -0.15) is 0 Å². The van der Waals surface area contributed by atoms with E-state index in [0.717, 1.165) is 18.6 Å². The number of aryl methyl sites for hydroxylation is 2. The summed E-state index contributed by atoms with van der Waals surface area (Å²) in [7, 11) is 1.70. The van der Waals surface area contributed by atoms with Gasteiger partial charge in [0, 0.05) is 6.04 Å². The number of ether oxygens (including phenoxy) is 1. The van der Waals surface area contributed by atoms with Crippen molar-refractivity contribution in [3.8, 4) is 5.75 Å². The van der Waals surface area contributed by atoms with Gasteiger partial charge in [0.1, 0.15) is 5.75 Å². The zero-order valence-electron chi connectivity index (χ0n) is 12.8. The van der Waals surface area contributed by atoms with Crippen molar-refractivity contribution in [3.05, 3.63) is 64.7 Å². The summed E-state index contributed by atoms with van der Waals surface area (Å²) in [6.07, 6.45) is 3.40. The van der Waals surface area contributed by atoms with Crippen LogP contribution in [0.5, 0.6) is 5.75 Å². The molecule has 2 unspecified atom stereocenters. The summed E-state index contributed by atoms with van der Waals surface area (Å²) in [5, 5.41) is 0. The van der Waals surface area contributed by atoms with Crippen LogP contribution in [0.25, 0.3) is 0 Å². The van der Waals surface area contributed by atoms with E-state index in [2.05, 4.69) is 43.3 Å². The Morgan fingerprint density at radius 3 is 2.62 bits per heavy atom. The Balaban J connectivity index is 1.82. The lowest BCUT2D eigenvalue weighted by atomic mass is 9.77. The maximum absolute atomic E-state index is 6.58. The lowest BCUT2D eigenvalue weighted by Gasteiger charge is -2.30. The number of rotatable bonds is 3. The van der Waals surface area contributed by atoms with Gasteiger partial charge in [0.15, 0.2) is 0 Å². The molecular formula is C19H23NO. The van der Waals surface area contributed by atoms with Gasteiger partial charge in [-0.3, -0.25) is 0 Å². The highest BCUT2D eigenvalue weighted by Crippen LogP contribution is 2.34. The van der Waals surface area contributed by atoms with Crippen LogP contribution in [0.3, 0.4) is 0 Å². The molecule has 0 fully saturated rings. The number of nitrogens with two attached hydrogens (primary N) is 1. The van der Waals surface area contributed by atoms with Crippen LogP contribution in [-0.2, 0) is 12.8 Å². The smallest absolute Gasteiger partial charge is 0.119 e. The van der Waals surface area contributed by atoms with Gasteiger partial charge in [0.2, 0.25) is 0 Å². The topological polar surface area (TPSA) is 35.2 Å². The second-order valence-corrected chi connectivity index (χ2v) is 6.02. The lowest BCUT2D eigenvalue weighted by molar-refractivity contribution is 0.380. The molecule has 0 bridgehead atoms. The molecule has 2 atom stereocenters. The summed E-state index contributed by atoms with van der Waals surface area (Å²) in [4.78, 5) is 0. The van der Waals surface area contributed by atoms with Crippen molar-refractivity contribution in [2.24, 2.45) is 11.7 Å². The third-order valence-corrected chi connectivity index (χ3v) is 4.73. The minimum Gasteiger partial charge on any atom is -0.497 e. The molecule has 0 spiro atoms. The minimum atomic E-state index is 0.101. The maximum atomic E-state index is 6.58. The summed E-state index contributed by atoms with van der Waals surface area (Å²) < 4.78 is 5.28. The lowest BCUT2D eigenvalue weighted by Crippen LogP contribution is -2.27. The van der Waals surface area contributed by atoms with E-state index in [1.807, 2.05) is 6.07 Å². The van der Waals surface area contributed by atoms with Crippen molar-refractivity contribution in [2.45, 2.75) is 32.2 Å². The van der Waals surface area contributed by atoms with Crippen molar-refractivity contribution in [1.29, 1.82) is 0 Å². The van der Waals surface area contributed by atoms with Gasteiger partial charge >= 0.3 is 0 Å². The normalized spacial score (nSPS) is 18.9. The van der Waals surface area contributed by atoms with Crippen molar-refractivity contribution in [1.82, 2.24) is 0 Å². The molecule has 0 saturated heterocycles. The van der Waals surface area contributed by atoms with Crippen molar-refractivity contribution < 1.29 is 4.74 Å². The molecule has 0 aromatic heterocycles. The molecule has 2 aromatic carbocycles. The van der Waals surface area contributed by atoms with Gasteiger partial charge in [-0.05, 0) is 66.5 Å². The Kier molecular flexibility index (Phi) is 3.98. The van der Waals surface area contributed by atoms with Crippen LogP contribution in [0.2, 0.25) is 0 Å². The van der Waals surface area contributed by atoms with Crippen LogP contribution in [0.15, 0.2) is 42.5 Å². The van der Waals surface area contributed by atoms with E-state index in [-0.39, 0.29) is 6.04 Å². The van der Waals surface area contributed by atoms with E-state index in [0.29, 0.717) is 5.92 Å². The number of hydrogen-bond donors (Lipinski definition) is 1. The van der Waals surface area contributed by atoms with Crippen LogP contribution in [-0.4, -0.2) is 7.11 Å². The molecule has 0 aliphatic heterocycles. The van der Waals surface area contributed by atoms with E-state index in [1.165, 1.54) is 28.7 Å². The Morgan fingerprint density at radius 2 is 1.90 bits per heavy atom. The highest BCUT2D eigenvalue weighted by atomic mass is 16.5. The molecule has 2 heteroatoms. The van der Waals surface area contributed by atoms with Crippen molar-refractivity contribution in [2.75, 3.05) is 7.11 Å².